The van der Waals surface area contributed by atoms with Crippen LogP contribution in [0, 0.1) is 11.3 Å². The van der Waals surface area contributed by atoms with Crippen LogP contribution >= 0.6 is 24.0 Å². The average Bonchev–Trinajstić information content (AvgIpc) is 3.18. The lowest BCUT2D eigenvalue weighted by molar-refractivity contribution is -0.125. The van der Waals surface area contributed by atoms with Crippen molar-refractivity contribution in [3.8, 4) is 0 Å². The molecule has 3 rings (SSSR count). The van der Waals surface area contributed by atoms with Crippen LogP contribution in [-0.4, -0.2) is 57.7 Å². The van der Waals surface area contributed by atoms with Crippen LogP contribution in [-0.2, 0) is 14.6 Å². The Kier molecular flexibility index (Phi) is 7.63. The molecule has 0 bridgehead atoms. The van der Waals surface area contributed by atoms with Crippen LogP contribution in [0.25, 0.3) is 0 Å². The fraction of sp³-hybridized carbons (Fsp3) is 0.944. The summed E-state index contributed by atoms with van der Waals surface area (Å²) in [4.78, 5) is 4.60. The molecular formula is C18H34IN3O3S. The number of nitrogens with one attached hydrogen (secondary N) is 2. The van der Waals surface area contributed by atoms with Crippen molar-refractivity contribution in [2.45, 2.75) is 70.6 Å². The molecule has 1 saturated heterocycles. The van der Waals surface area contributed by atoms with Gasteiger partial charge in [-0.15, -0.1) is 24.0 Å². The number of aliphatic imine (C=N–C) groups is 1. The van der Waals surface area contributed by atoms with Crippen molar-refractivity contribution in [3.05, 3.63) is 0 Å². The fourth-order valence-electron chi connectivity index (χ4n) is 5.04. The third-order valence-corrected chi connectivity index (χ3v) is 7.18. The second-order valence-corrected chi connectivity index (χ2v) is 10.4. The van der Waals surface area contributed by atoms with Gasteiger partial charge in [-0.25, -0.2) is 8.42 Å². The third-order valence-electron chi connectivity index (χ3n) is 6.20. The molecule has 0 amide bonds. The highest BCUT2D eigenvalue weighted by Gasteiger charge is 2.65. The number of ether oxygens (including phenoxy) is 1. The first-order valence-electron chi connectivity index (χ1n) is 9.72. The molecule has 1 aliphatic heterocycles. The van der Waals surface area contributed by atoms with E-state index < -0.39 is 9.84 Å². The molecule has 2 aliphatic carbocycles. The monoisotopic (exact) mass is 499 g/mol. The molecule has 0 aromatic rings. The van der Waals surface area contributed by atoms with Crippen LogP contribution in [0.3, 0.4) is 0 Å². The zero-order valence-corrected chi connectivity index (χ0v) is 19.3. The molecule has 1 heterocycles. The predicted molar refractivity (Wildman–Crippen MR) is 116 cm³/mol. The number of hydrogen-bond donors (Lipinski definition) is 2. The Bertz CT molecular complexity index is 605. The summed E-state index contributed by atoms with van der Waals surface area (Å²) >= 11 is 0. The summed E-state index contributed by atoms with van der Waals surface area (Å²) in [5.41, 5.74) is 0.285. The molecule has 0 radical (unpaired) electrons. The highest BCUT2D eigenvalue weighted by Crippen LogP contribution is 2.60. The molecule has 3 aliphatic rings. The van der Waals surface area contributed by atoms with Crippen molar-refractivity contribution in [1.82, 2.24) is 10.6 Å². The van der Waals surface area contributed by atoms with Gasteiger partial charge < -0.3 is 15.4 Å². The van der Waals surface area contributed by atoms with Crippen molar-refractivity contribution in [3.63, 3.8) is 0 Å². The van der Waals surface area contributed by atoms with Crippen molar-refractivity contribution in [2.75, 3.05) is 25.2 Å². The van der Waals surface area contributed by atoms with Crippen LogP contribution in [0.2, 0.25) is 0 Å². The van der Waals surface area contributed by atoms with E-state index >= 15 is 0 Å². The highest BCUT2D eigenvalue weighted by molar-refractivity contribution is 14.0. The molecule has 152 valence electrons. The van der Waals surface area contributed by atoms with E-state index in [1.165, 1.54) is 31.9 Å². The van der Waals surface area contributed by atoms with E-state index in [9.17, 15) is 8.42 Å². The Labute approximate surface area is 175 Å². The van der Waals surface area contributed by atoms with Crippen molar-refractivity contribution in [1.29, 1.82) is 0 Å². The molecule has 6 nitrogen and oxygen atoms in total. The Morgan fingerprint density at radius 1 is 1.35 bits per heavy atom. The lowest BCUT2D eigenvalue weighted by Crippen LogP contribution is -2.69. The molecule has 0 aromatic carbocycles. The van der Waals surface area contributed by atoms with Crippen LogP contribution in [0.5, 0.6) is 0 Å². The number of sulfone groups is 1. The molecule has 4 atom stereocenters. The number of rotatable bonds is 6. The Hall–Kier alpha value is -0.0900. The Balaban J connectivity index is 0.00000243. The summed E-state index contributed by atoms with van der Waals surface area (Å²) in [7, 11) is -2.93. The Morgan fingerprint density at radius 2 is 2.04 bits per heavy atom. The van der Waals surface area contributed by atoms with Gasteiger partial charge in [0, 0.05) is 42.8 Å². The SMILES string of the molecule is CCN=C(NC(C)CCS(C)(=O)=O)NC1C2CCOC2C12CCCC2.I. The van der Waals surface area contributed by atoms with E-state index in [2.05, 4.69) is 15.6 Å². The lowest BCUT2D eigenvalue weighted by atomic mass is 9.54. The quantitative estimate of drug-likeness (QED) is 0.333. The van der Waals surface area contributed by atoms with E-state index in [1.54, 1.807) is 0 Å². The number of fused-ring (bicyclic) bond motifs is 2. The first-order chi connectivity index (χ1) is 11.9. The molecule has 26 heavy (non-hydrogen) atoms. The number of halogens is 1. The first-order valence-corrected chi connectivity index (χ1v) is 11.8. The standard InChI is InChI=1S/C18H33N3O3S.HI/c1-4-19-17(20-13(2)8-12-25(3,22)23)21-15-14-7-11-24-16(14)18(15)9-5-6-10-18;/h13-16H,4-12H2,1-3H3,(H2,19,20,21);1H. The molecule has 0 aromatic heterocycles. The molecule has 2 saturated carbocycles. The van der Waals surface area contributed by atoms with Crippen LogP contribution in [0.1, 0.15) is 52.4 Å². The van der Waals surface area contributed by atoms with E-state index in [4.69, 9.17) is 4.74 Å². The zero-order valence-electron chi connectivity index (χ0n) is 16.2. The highest BCUT2D eigenvalue weighted by atomic mass is 127. The fourth-order valence-corrected chi connectivity index (χ4v) is 5.82. The first kappa shape index (κ1) is 22.2. The second-order valence-electron chi connectivity index (χ2n) is 8.09. The maximum atomic E-state index is 11.4. The maximum absolute atomic E-state index is 11.4. The average molecular weight is 499 g/mol. The van der Waals surface area contributed by atoms with Gasteiger partial charge >= 0.3 is 0 Å². The van der Waals surface area contributed by atoms with E-state index in [0.29, 0.717) is 31.0 Å². The molecule has 2 N–H and O–H groups in total. The summed E-state index contributed by atoms with van der Waals surface area (Å²) < 4.78 is 28.8. The topological polar surface area (TPSA) is 79.8 Å². The summed E-state index contributed by atoms with van der Waals surface area (Å²) in [6, 6.07) is 0.505. The van der Waals surface area contributed by atoms with E-state index in [1.807, 2.05) is 13.8 Å². The van der Waals surface area contributed by atoms with Crippen LogP contribution < -0.4 is 10.6 Å². The molecule has 4 unspecified atom stereocenters. The van der Waals surface area contributed by atoms with Crippen LogP contribution in [0.15, 0.2) is 4.99 Å². The zero-order chi connectivity index (χ0) is 18.1. The molecular weight excluding hydrogens is 465 g/mol. The summed E-state index contributed by atoms with van der Waals surface area (Å²) in [6.45, 7) is 5.63. The summed E-state index contributed by atoms with van der Waals surface area (Å²) in [5, 5.41) is 7.11. The van der Waals surface area contributed by atoms with Crippen LogP contribution in [0.4, 0.5) is 0 Å². The van der Waals surface area contributed by atoms with Gasteiger partial charge in [0.25, 0.3) is 0 Å². The van der Waals surface area contributed by atoms with Gasteiger partial charge in [0.1, 0.15) is 9.84 Å². The van der Waals surface area contributed by atoms with Gasteiger partial charge in [-0.05, 0) is 39.5 Å². The molecule has 8 heteroatoms. The summed E-state index contributed by atoms with van der Waals surface area (Å²) in [6.07, 6.45) is 8.52. The van der Waals surface area contributed by atoms with Gasteiger partial charge in [0.2, 0.25) is 0 Å². The van der Waals surface area contributed by atoms with Crippen molar-refractivity contribution < 1.29 is 13.2 Å². The number of hydrogen-bond acceptors (Lipinski definition) is 4. The molecule has 3 fully saturated rings. The van der Waals surface area contributed by atoms with Gasteiger partial charge in [0.15, 0.2) is 5.96 Å². The number of guanidine groups is 1. The second kappa shape index (κ2) is 8.94. The smallest absolute Gasteiger partial charge is 0.191 e. The third kappa shape index (κ3) is 4.66. The maximum Gasteiger partial charge on any atom is 0.191 e. The minimum Gasteiger partial charge on any atom is -0.377 e. The van der Waals surface area contributed by atoms with Gasteiger partial charge in [-0.2, -0.15) is 0 Å². The van der Waals surface area contributed by atoms with E-state index in [0.717, 1.165) is 19.0 Å². The van der Waals surface area contributed by atoms with Crippen molar-refractivity contribution >= 4 is 39.8 Å². The Morgan fingerprint density at radius 3 is 2.65 bits per heavy atom. The van der Waals surface area contributed by atoms with Gasteiger partial charge in [-0.3, -0.25) is 4.99 Å². The normalized spacial score (nSPS) is 31.0. The summed E-state index contributed by atoms with van der Waals surface area (Å²) in [5.74, 6) is 1.62. The number of nitrogens with zero attached hydrogens (tertiary/aromatic N) is 1. The van der Waals surface area contributed by atoms with E-state index in [-0.39, 0.29) is 41.2 Å². The minimum absolute atomic E-state index is 0. The minimum atomic E-state index is -2.93. The van der Waals surface area contributed by atoms with Gasteiger partial charge in [-0.1, -0.05) is 12.8 Å². The largest absolute Gasteiger partial charge is 0.377 e. The predicted octanol–water partition coefficient (Wildman–Crippen LogP) is 2.33. The molecule has 1 spiro atoms. The van der Waals surface area contributed by atoms with Crippen molar-refractivity contribution in [2.24, 2.45) is 16.3 Å². The van der Waals surface area contributed by atoms with Gasteiger partial charge in [0.05, 0.1) is 11.9 Å². The lowest BCUT2D eigenvalue weighted by Gasteiger charge is -2.57.